The summed E-state index contributed by atoms with van der Waals surface area (Å²) in [6.45, 7) is 4.41. The van der Waals surface area contributed by atoms with Crippen molar-refractivity contribution in [1.82, 2.24) is 5.32 Å². The molecule has 13 heavy (non-hydrogen) atoms. The summed E-state index contributed by atoms with van der Waals surface area (Å²) < 4.78 is 0. The lowest BCUT2D eigenvalue weighted by Gasteiger charge is -2.27. The fourth-order valence-electron chi connectivity index (χ4n) is 1.88. The normalized spacial score (nSPS) is 32.9. The number of hydrogen-bond acceptors (Lipinski definition) is 1. The Morgan fingerprint density at radius 1 is 1.23 bits per heavy atom. The van der Waals surface area contributed by atoms with E-state index in [1.54, 1.807) is 0 Å². The second-order valence-electron chi connectivity index (χ2n) is 4.04. The summed E-state index contributed by atoms with van der Waals surface area (Å²) in [6, 6.07) is 0. The molecule has 0 aromatic heterocycles. The summed E-state index contributed by atoms with van der Waals surface area (Å²) in [5.41, 5.74) is 2.38. The first kappa shape index (κ1) is 8.54. The lowest BCUT2D eigenvalue weighted by Crippen LogP contribution is -2.31. The van der Waals surface area contributed by atoms with E-state index in [4.69, 9.17) is 0 Å². The van der Waals surface area contributed by atoms with Gasteiger partial charge < -0.3 is 5.32 Å². The highest BCUT2D eigenvalue weighted by Crippen LogP contribution is 2.30. The average Bonchev–Trinajstić information content (AvgIpc) is 2.08. The van der Waals surface area contributed by atoms with Crippen molar-refractivity contribution in [2.24, 2.45) is 11.8 Å². The molecule has 2 rings (SSSR count). The maximum Gasteiger partial charge on any atom is 0.224 e. The lowest BCUT2D eigenvalue weighted by molar-refractivity contribution is -0.120. The first-order valence-corrected chi connectivity index (χ1v) is 4.89. The van der Waals surface area contributed by atoms with E-state index in [9.17, 15) is 4.79 Å². The zero-order valence-electron chi connectivity index (χ0n) is 8.13. The third kappa shape index (κ3) is 1.53. The maximum atomic E-state index is 11.1. The quantitative estimate of drug-likeness (QED) is 0.602. The molecule has 1 heterocycles. The molecule has 0 aromatic rings. The minimum absolute atomic E-state index is 0.158. The second kappa shape index (κ2) is 3.02. The SMILES string of the molecule is CC1C=C2CCC(=O)NC2=CC1C. The topological polar surface area (TPSA) is 29.1 Å². The molecule has 0 spiro atoms. The molecule has 0 bridgehead atoms. The Kier molecular flexibility index (Phi) is 1.98. The van der Waals surface area contributed by atoms with Crippen LogP contribution in [0.5, 0.6) is 0 Å². The molecule has 1 aliphatic carbocycles. The van der Waals surface area contributed by atoms with Gasteiger partial charge in [0.2, 0.25) is 5.91 Å². The van der Waals surface area contributed by atoms with Gasteiger partial charge in [0, 0.05) is 12.1 Å². The van der Waals surface area contributed by atoms with Crippen LogP contribution in [0.1, 0.15) is 26.7 Å². The van der Waals surface area contributed by atoms with Gasteiger partial charge in [-0.2, -0.15) is 0 Å². The molecule has 2 unspecified atom stereocenters. The summed E-state index contributed by atoms with van der Waals surface area (Å²) in [4.78, 5) is 11.1. The second-order valence-corrected chi connectivity index (χ2v) is 4.04. The molecule has 1 N–H and O–H groups in total. The molecule has 0 aromatic carbocycles. The van der Waals surface area contributed by atoms with Gasteiger partial charge in [0.05, 0.1) is 0 Å². The molecule has 1 fully saturated rings. The standard InChI is InChI=1S/C11H15NO/c1-7-5-9-3-4-11(13)12-10(9)6-8(7)2/h5-8H,3-4H2,1-2H3,(H,12,13). The van der Waals surface area contributed by atoms with Gasteiger partial charge in [0.1, 0.15) is 0 Å². The van der Waals surface area contributed by atoms with Crippen LogP contribution in [0.2, 0.25) is 0 Å². The van der Waals surface area contributed by atoms with Crippen molar-refractivity contribution >= 4 is 5.91 Å². The van der Waals surface area contributed by atoms with Gasteiger partial charge in [-0.05, 0) is 23.8 Å². The molecule has 1 saturated heterocycles. The predicted octanol–water partition coefficient (Wildman–Crippen LogP) is 1.99. The fourth-order valence-corrected chi connectivity index (χ4v) is 1.88. The van der Waals surface area contributed by atoms with Crippen molar-refractivity contribution in [2.75, 3.05) is 0 Å². The van der Waals surface area contributed by atoms with E-state index in [1.165, 1.54) is 5.57 Å². The van der Waals surface area contributed by atoms with Crippen LogP contribution >= 0.6 is 0 Å². The Balaban J connectivity index is 2.26. The van der Waals surface area contributed by atoms with E-state index in [1.807, 2.05) is 0 Å². The van der Waals surface area contributed by atoms with Gasteiger partial charge in [0.15, 0.2) is 0 Å². The van der Waals surface area contributed by atoms with E-state index in [0.29, 0.717) is 18.3 Å². The molecular weight excluding hydrogens is 162 g/mol. The van der Waals surface area contributed by atoms with Crippen LogP contribution < -0.4 is 5.32 Å². The Labute approximate surface area is 78.7 Å². The number of fused-ring (bicyclic) bond motifs is 1. The van der Waals surface area contributed by atoms with Gasteiger partial charge in [0.25, 0.3) is 0 Å². The van der Waals surface area contributed by atoms with Gasteiger partial charge in [-0.3, -0.25) is 4.79 Å². The smallest absolute Gasteiger partial charge is 0.224 e. The van der Waals surface area contributed by atoms with Crippen LogP contribution in [0.15, 0.2) is 23.4 Å². The van der Waals surface area contributed by atoms with E-state index in [0.717, 1.165) is 12.1 Å². The van der Waals surface area contributed by atoms with Crippen LogP contribution in [0.25, 0.3) is 0 Å². The van der Waals surface area contributed by atoms with Crippen molar-refractivity contribution < 1.29 is 4.79 Å². The lowest BCUT2D eigenvalue weighted by atomic mass is 9.84. The van der Waals surface area contributed by atoms with Crippen LogP contribution in [0.4, 0.5) is 0 Å². The summed E-state index contributed by atoms with van der Waals surface area (Å²) >= 11 is 0. The number of piperidine rings is 1. The average molecular weight is 177 g/mol. The number of amides is 1. The Bertz CT molecular complexity index is 301. The van der Waals surface area contributed by atoms with Gasteiger partial charge in [-0.25, -0.2) is 0 Å². The predicted molar refractivity (Wildman–Crippen MR) is 51.9 cm³/mol. The summed E-state index contributed by atoms with van der Waals surface area (Å²) in [5, 5.41) is 2.92. The Morgan fingerprint density at radius 2 is 1.92 bits per heavy atom. The van der Waals surface area contributed by atoms with Crippen molar-refractivity contribution in [3.8, 4) is 0 Å². The molecular formula is C11H15NO. The van der Waals surface area contributed by atoms with E-state index < -0.39 is 0 Å². The van der Waals surface area contributed by atoms with Crippen molar-refractivity contribution in [1.29, 1.82) is 0 Å². The zero-order valence-corrected chi connectivity index (χ0v) is 8.13. The molecule has 1 aliphatic heterocycles. The largest absolute Gasteiger partial charge is 0.326 e. The van der Waals surface area contributed by atoms with Gasteiger partial charge in [-0.15, -0.1) is 0 Å². The van der Waals surface area contributed by atoms with E-state index in [-0.39, 0.29) is 5.91 Å². The van der Waals surface area contributed by atoms with Crippen LogP contribution in [0.3, 0.4) is 0 Å². The number of hydrogen-bond donors (Lipinski definition) is 1. The highest BCUT2D eigenvalue weighted by atomic mass is 16.1. The highest BCUT2D eigenvalue weighted by Gasteiger charge is 2.23. The number of carbonyl (C=O) groups is 1. The third-order valence-electron chi connectivity index (χ3n) is 2.96. The molecule has 2 heteroatoms. The minimum Gasteiger partial charge on any atom is -0.326 e. The number of rotatable bonds is 0. The van der Waals surface area contributed by atoms with E-state index >= 15 is 0 Å². The van der Waals surface area contributed by atoms with Crippen molar-refractivity contribution in [3.05, 3.63) is 23.4 Å². The molecule has 0 saturated carbocycles. The van der Waals surface area contributed by atoms with E-state index in [2.05, 4.69) is 31.3 Å². The Morgan fingerprint density at radius 3 is 2.69 bits per heavy atom. The monoisotopic (exact) mass is 177 g/mol. The number of allylic oxidation sites excluding steroid dienone is 3. The van der Waals surface area contributed by atoms with Crippen LogP contribution in [0, 0.1) is 11.8 Å². The number of carbonyl (C=O) groups excluding carboxylic acids is 1. The third-order valence-corrected chi connectivity index (χ3v) is 2.96. The fraction of sp³-hybridized carbons (Fsp3) is 0.545. The first-order chi connectivity index (χ1) is 6.16. The highest BCUT2D eigenvalue weighted by molar-refractivity contribution is 5.81. The summed E-state index contributed by atoms with van der Waals surface area (Å²) in [6.07, 6.45) is 6.02. The number of nitrogens with one attached hydrogen (secondary N) is 1. The van der Waals surface area contributed by atoms with Crippen LogP contribution in [-0.2, 0) is 4.79 Å². The molecule has 2 nitrogen and oxygen atoms in total. The molecule has 70 valence electrons. The zero-order chi connectivity index (χ0) is 9.42. The van der Waals surface area contributed by atoms with Gasteiger partial charge >= 0.3 is 0 Å². The van der Waals surface area contributed by atoms with Crippen molar-refractivity contribution in [2.45, 2.75) is 26.7 Å². The van der Waals surface area contributed by atoms with Gasteiger partial charge in [-0.1, -0.05) is 26.0 Å². The summed E-state index contributed by atoms with van der Waals surface area (Å²) in [5.74, 6) is 1.30. The molecule has 0 radical (unpaired) electrons. The molecule has 2 atom stereocenters. The molecule has 1 amide bonds. The van der Waals surface area contributed by atoms with Crippen LogP contribution in [-0.4, -0.2) is 5.91 Å². The first-order valence-electron chi connectivity index (χ1n) is 4.89. The Hall–Kier alpha value is -1.05. The summed E-state index contributed by atoms with van der Waals surface area (Å²) in [7, 11) is 0. The van der Waals surface area contributed by atoms with Crippen molar-refractivity contribution in [3.63, 3.8) is 0 Å². The molecule has 2 aliphatic rings. The minimum atomic E-state index is 0.158. The maximum absolute atomic E-state index is 11.1.